The van der Waals surface area contributed by atoms with Gasteiger partial charge >= 0.3 is 5.97 Å². The Hall–Kier alpha value is -3.61. The van der Waals surface area contributed by atoms with Gasteiger partial charge in [-0.2, -0.15) is 0 Å². The highest BCUT2D eigenvalue weighted by Crippen LogP contribution is 2.29. The Labute approximate surface area is 179 Å². The van der Waals surface area contributed by atoms with Gasteiger partial charge in [-0.1, -0.05) is 0 Å². The number of halogens is 1. The summed E-state index contributed by atoms with van der Waals surface area (Å²) in [4.78, 5) is 17.3. The lowest BCUT2D eigenvalue weighted by Crippen LogP contribution is -2.14. The maximum Gasteiger partial charge on any atom is 0.355 e. The number of rotatable bonds is 6. The number of benzene rings is 1. The number of ether oxygens (including phenoxy) is 2. The van der Waals surface area contributed by atoms with Crippen molar-refractivity contribution in [3.05, 3.63) is 77.1 Å². The Morgan fingerprint density at radius 2 is 1.87 bits per heavy atom. The molecule has 0 atom stereocenters. The lowest BCUT2D eigenvalue weighted by Gasteiger charge is -2.14. The second-order valence-electron chi connectivity index (χ2n) is 7.31. The van der Waals surface area contributed by atoms with E-state index < -0.39 is 5.97 Å². The predicted octanol–water partition coefficient (Wildman–Crippen LogP) is 4.82. The topological polar surface area (TPSA) is 58.3 Å². The first-order valence-electron chi connectivity index (χ1n) is 10.1. The van der Waals surface area contributed by atoms with E-state index in [1.807, 2.05) is 35.2 Å². The van der Waals surface area contributed by atoms with Crippen molar-refractivity contribution in [3.63, 3.8) is 0 Å². The van der Waals surface area contributed by atoms with Gasteiger partial charge in [0.2, 0.25) is 0 Å². The van der Waals surface area contributed by atoms with E-state index in [2.05, 4.69) is 4.98 Å². The Balaban J connectivity index is 1.86. The van der Waals surface area contributed by atoms with Crippen LogP contribution in [0.5, 0.6) is 5.75 Å². The summed E-state index contributed by atoms with van der Waals surface area (Å²) in [7, 11) is 1.64. The van der Waals surface area contributed by atoms with Crippen LogP contribution in [0.2, 0.25) is 0 Å². The summed E-state index contributed by atoms with van der Waals surface area (Å²) >= 11 is 0. The largest absolute Gasteiger partial charge is 0.496 e. The SMILES string of the molecule is CCOC(=O)c1cc2c(ccn2-c2ccc(F)cc2)n1Cc1ncc(C)c(OC)c1C. The van der Waals surface area contributed by atoms with Crippen molar-refractivity contribution in [2.45, 2.75) is 27.3 Å². The van der Waals surface area contributed by atoms with E-state index in [-0.39, 0.29) is 12.4 Å². The van der Waals surface area contributed by atoms with Gasteiger partial charge in [0.05, 0.1) is 37.0 Å². The Bertz CT molecular complexity index is 1260. The van der Waals surface area contributed by atoms with Crippen LogP contribution in [0.4, 0.5) is 4.39 Å². The van der Waals surface area contributed by atoms with Crippen LogP contribution in [0.25, 0.3) is 16.7 Å². The summed E-state index contributed by atoms with van der Waals surface area (Å²) in [5.41, 5.74) is 5.60. The Morgan fingerprint density at radius 3 is 2.55 bits per heavy atom. The number of nitrogens with zero attached hydrogens (tertiary/aromatic N) is 3. The van der Waals surface area contributed by atoms with Gasteiger partial charge in [-0.15, -0.1) is 0 Å². The maximum absolute atomic E-state index is 13.4. The quantitative estimate of drug-likeness (QED) is 0.419. The third-order valence-corrected chi connectivity index (χ3v) is 5.41. The summed E-state index contributed by atoms with van der Waals surface area (Å²) in [6, 6.07) is 9.96. The van der Waals surface area contributed by atoms with Crippen LogP contribution in [-0.4, -0.2) is 33.8 Å². The van der Waals surface area contributed by atoms with Crippen molar-refractivity contribution in [3.8, 4) is 11.4 Å². The van der Waals surface area contributed by atoms with E-state index in [9.17, 15) is 9.18 Å². The number of pyridine rings is 1. The lowest BCUT2D eigenvalue weighted by molar-refractivity contribution is 0.0515. The lowest BCUT2D eigenvalue weighted by atomic mass is 10.1. The van der Waals surface area contributed by atoms with Gasteiger partial charge in [-0.3, -0.25) is 4.98 Å². The molecule has 6 nitrogen and oxygen atoms in total. The number of methoxy groups -OCH3 is 1. The van der Waals surface area contributed by atoms with Crippen LogP contribution in [0.3, 0.4) is 0 Å². The highest BCUT2D eigenvalue weighted by atomic mass is 19.1. The van der Waals surface area contributed by atoms with E-state index in [4.69, 9.17) is 9.47 Å². The van der Waals surface area contributed by atoms with Crippen LogP contribution in [0.1, 0.15) is 34.2 Å². The van der Waals surface area contributed by atoms with E-state index in [1.165, 1.54) is 12.1 Å². The fraction of sp³-hybridized carbons (Fsp3) is 0.250. The number of hydrogen-bond donors (Lipinski definition) is 0. The van der Waals surface area contributed by atoms with Crippen LogP contribution in [0, 0.1) is 19.7 Å². The molecule has 1 aromatic carbocycles. The summed E-state index contributed by atoms with van der Waals surface area (Å²) in [6.07, 6.45) is 3.68. The normalized spacial score (nSPS) is 11.1. The molecule has 3 aromatic heterocycles. The molecule has 160 valence electrons. The molecule has 0 saturated carbocycles. The molecule has 4 aromatic rings. The van der Waals surface area contributed by atoms with Crippen LogP contribution in [0.15, 0.2) is 48.8 Å². The standard InChI is InChI=1S/C24H24FN3O3/c1-5-31-24(29)22-12-21-20(10-11-27(21)18-8-6-17(25)7-9-18)28(22)14-19-16(3)23(30-4)15(2)13-26-19/h6-13H,5,14H2,1-4H3. The van der Waals surface area contributed by atoms with Crippen LogP contribution in [-0.2, 0) is 11.3 Å². The molecular weight excluding hydrogens is 397 g/mol. The predicted molar refractivity (Wildman–Crippen MR) is 117 cm³/mol. The number of esters is 1. The minimum Gasteiger partial charge on any atom is -0.496 e. The molecular formula is C24H24FN3O3. The number of carbonyl (C=O) groups is 1. The first-order valence-corrected chi connectivity index (χ1v) is 10.1. The molecule has 0 saturated heterocycles. The third kappa shape index (κ3) is 3.67. The van der Waals surface area contributed by atoms with Gasteiger partial charge < -0.3 is 18.6 Å². The maximum atomic E-state index is 13.4. The van der Waals surface area contributed by atoms with Gasteiger partial charge in [0, 0.05) is 29.2 Å². The molecule has 3 heterocycles. The smallest absolute Gasteiger partial charge is 0.355 e. The molecule has 31 heavy (non-hydrogen) atoms. The molecule has 4 rings (SSSR count). The van der Waals surface area contributed by atoms with Gasteiger partial charge in [-0.25, -0.2) is 9.18 Å². The van der Waals surface area contributed by atoms with E-state index in [0.717, 1.165) is 39.3 Å². The van der Waals surface area contributed by atoms with Crippen LogP contribution >= 0.6 is 0 Å². The molecule has 0 N–H and O–H groups in total. The molecule has 0 aliphatic carbocycles. The molecule has 0 spiro atoms. The van der Waals surface area contributed by atoms with Crippen molar-refractivity contribution in [1.29, 1.82) is 0 Å². The zero-order valence-corrected chi connectivity index (χ0v) is 18.0. The highest BCUT2D eigenvalue weighted by molar-refractivity contribution is 5.95. The van der Waals surface area contributed by atoms with Crippen molar-refractivity contribution < 1.29 is 18.7 Å². The fourth-order valence-corrected chi connectivity index (χ4v) is 3.89. The minimum absolute atomic E-state index is 0.280. The van der Waals surface area contributed by atoms with E-state index >= 15 is 0 Å². The molecule has 0 unspecified atom stereocenters. The Kier molecular flexibility index (Phi) is 5.50. The van der Waals surface area contributed by atoms with Crippen molar-refractivity contribution in [2.75, 3.05) is 13.7 Å². The number of carbonyl (C=O) groups excluding carboxylic acids is 1. The zero-order chi connectivity index (χ0) is 22.1. The monoisotopic (exact) mass is 421 g/mol. The number of hydrogen-bond acceptors (Lipinski definition) is 4. The molecule has 0 fully saturated rings. The van der Waals surface area contributed by atoms with Crippen LogP contribution < -0.4 is 4.74 Å². The second kappa shape index (κ2) is 8.26. The fourth-order valence-electron chi connectivity index (χ4n) is 3.89. The molecule has 0 aliphatic rings. The van der Waals surface area contributed by atoms with Gasteiger partial charge in [0.15, 0.2) is 0 Å². The Morgan fingerprint density at radius 1 is 1.13 bits per heavy atom. The minimum atomic E-state index is -0.402. The summed E-state index contributed by atoms with van der Waals surface area (Å²) in [6.45, 7) is 6.35. The summed E-state index contributed by atoms with van der Waals surface area (Å²) in [5.74, 6) is 0.0860. The molecule has 0 amide bonds. The first-order chi connectivity index (χ1) is 14.9. The number of aryl methyl sites for hydroxylation is 1. The molecule has 0 aliphatic heterocycles. The van der Waals surface area contributed by atoms with E-state index in [0.29, 0.717) is 12.2 Å². The summed E-state index contributed by atoms with van der Waals surface area (Å²) < 4.78 is 28.0. The van der Waals surface area contributed by atoms with Gasteiger partial charge in [0.1, 0.15) is 17.3 Å². The van der Waals surface area contributed by atoms with E-state index in [1.54, 1.807) is 38.4 Å². The number of fused-ring (bicyclic) bond motifs is 1. The van der Waals surface area contributed by atoms with Gasteiger partial charge in [0.25, 0.3) is 0 Å². The number of aromatic nitrogens is 3. The second-order valence-corrected chi connectivity index (χ2v) is 7.31. The summed E-state index contributed by atoms with van der Waals surface area (Å²) in [5, 5.41) is 0. The highest BCUT2D eigenvalue weighted by Gasteiger charge is 2.21. The third-order valence-electron chi connectivity index (χ3n) is 5.41. The van der Waals surface area contributed by atoms with Crippen molar-refractivity contribution >= 4 is 17.0 Å². The average Bonchev–Trinajstić information content (AvgIpc) is 3.31. The zero-order valence-electron chi connectivity index (χ0n) is 18.0. The first kappa shape index (κ1) is 20.7. The average molecular weight is 421 g/mol. The van der Waals surface area contributed by atoms with Crippen molar-refractivity contribution in [1.82, 2.24) is 14.1 Å². The molecule has 0 radical (unpaired) electrons. The molecule has 0 bridgehead atoms. The molecule has 7 heteroatoms. The van der Waals surface area contributed by atoms with Gasteiger partial charge in [-0.05, 0) is 57.2 Å². The van der Waals surface area contributed by atoms with Crippen molar-refractivity contribution in [2.24, 2.45) is 0 Å².